The van der Waals surface area contributed by atoms with Gasteiger partial charge in [-0.15, -0.1) is 0 Å². The van der Waals surface area contributed by atoms with Crippen molar-refractivity contribution in [1.29, 1.82) is 0 Å². The van der Waals surface area contributed by atoms with Crippen molar-refractivity contribution in [3.63, 3.8) is 0 Å². The topological polar surface area (TPSA) is 25.2 Å². The highest BCUT2D eigenvalue weighted by Crippen LogP contribution is 2.66. The van der Waals surface area contributed by atoms with Gasteiger partial charge >= 0.3 is 0 Å². The van der Waals surface area contributed by atoms with E-state index in [1.807, 2.05) is 0 Å². The first-order valence-corrected chi connectivity index (χ1v) is 11.2. The summed E-state index contributed by atoms with van der Waals surface area (Å²) in [4.78, 5) is 0. The molecule has 0 radical (unpaired) electrons. The summed E-state index contributed by atoms with van der Waals surface area (Å²) in [7, 11) is 0. The number of nitrogens with one attached hydrogen (secondary N) is 1. The second-order valence-electron chi connectivity index (χ2n) is 10.5. The van der Waals surface area contributed by atoms with Gasteiger partial charge in [-0.25, -0.2) is 0 Å². The number of hydrogen-bond acceptors (Lipinski definition) is 2. The largest absolute Gasteiger partial charge is 0.460 e. The van der Waals surface area contributed by atoms with Crippen molar-refractivity contribution in [2.45, 2.75) is 71.4 Å². The van der Waals surface area contributed by atoms with Crippen LogP contribution in [-0.4, -0.2) is 5.54 Å². The third-order valence-electron chi connectivity index (χ3n) is 7.37. The predicted molar refractivity (Wildman–Crippen MR) is 114 cm³/mol. The van der Waals surface area contributed by atoms with Crippen LogP contribution in [0, 0.1) is 23.7 Å². The van der Waals surface area contributed by atoms with E-state index in [0.29, 0.717) is 16.4 Å². The molecule has 1 aromatic carbocycles. The fourth-order valence-corrected chi connectivity index (χ4v) is 7.59. The number of hydrogen-bond donors (Lipinski definition) is 1. The van der Waals surface area contributed by atoms with Crippen LogP contribution in [0.25, 0.3) is 11.3 Å². The maximum atomic E-state index is 6.20. The van der Waals surface area contributed by atoms with Crippen LogP contribution in [0.1, 0.15) is 63.7 Å². The molecule has 0 amide bonds. The molecule has 2 aromatic rings. The Morgan fingerprint density at radius 1 is 1.04 bits per heavy atom. The van der Waals surface area contributed by atoms with Gasteiger partial charge in [0.05, 0.1) is 6.54 Å². The van der Waals surface area contributed by atoms with Gasteiger partial charge < -0.3 is 9.73 Å². The standard InChI is InChI=1S/C24H30BrNO/c1-16-8-18(4-6-20(16)25)21-7-5-19(27-21)12-26-24-11-17-9-22(2,14-24)13-23(3,10-17)15-24/h4-8,17,26H,9-15H2,1-3H3/t17?,22-,23+,24?. The van der Waals surface area contributed by atoms with Gasteiger partial charge in [0.15, 0.2) is 0 Å². The third-order valence-corrected chi connectivity index (χ3v) is 8.26. The zero-order valence-electron chi connectivity index (χ0n) is 16.7. The van der Waals surface area contributed by atoms with E-state index >= 15 is 0 Å². The maximum Gasteiger partial charge on any atom is 0.134 e. The van der Waals surface area contributed by atoms with Gasteiger partial charge in [-0.1, -0.05) is 35.8 Å². The molecule has 4 aliphatic carbocycles. The summed E-state index contributed by atoms with van der Waals surface area (Å²) in [5.74, 6) is 2.94. The van der Waals surface area contributed by atoms with Gasteiger partial charge in [0.1, 0.15) is 11.5 Å². The first kappa shape index (κ1) is 18.0. The Labute approximate surface area is 171 Å². The quantitative estimate of drug-likeness (QED) is 0.576. The highest BCUT2D eigenvalue weighted by atomic mass is 79.9. The van der Waals surface area contributed by atoms with Crippen LogP contribution in [0.5, 0.6) is 0 Å². The summed E-state index contributed by atoms with van der Waals surface area (Å²) in [5, 5.41) is 3.98. The fourth-order valence-electron chi connectivity index (χ4n) is 7.35. The minimum Gasteiger partial charge on any atom is -0.460 e. The highest BCUT2D eigenvalue weighted by Gasteiger charge is 2.59. The molecular formula is C24H30BrNO. The third kappa shape index (κ3) is 3.21. The molecule has 6 rings (SSSR count). The molecule has 2 unspecified atom stereocenters. The molecule has 4 bridgehead atoms. The molecule has 1 aromatic heterocycles. The Hall–Kier alpha value is -1.06. The lowest BCUT2D eigenvalue weighted by atomic mass is 9.43. The Kier molecular flexibility index (Phi) is 3.98. The average molecular weight is 428 g/mol. The lowest BCUT2D eigenvalue weighted by Gasteiger charge is -2.65. The highest BCUT2D eigenvalue weighted by molar-refractivity contribution is 9.10. The first-order chi connectivity index (χ1) is 12.8. The zero-order valence-corrected chi connectivity index (χ0v) is 18.3. The molecule has 27 heavy (non-hydrogen) atoms. The Bertz CT molecular complexity index is 866. The normalized spacial score (nSPS) is 37.1. The van der Waals surface area contributed by atoms with E-state index in [2.05, 4.69) is 72.3 Å². The van der Waals surface area contributed by atoms with Gasteiger partial charge in [0.25, 0.3) is 0 Å². The molecule has 3 heteroatoms. The van der Waals surface area contributed by atoms with Gasteiger partial charge in [-0.3, -0.25) is 0 Å². The number of aryl methyl sites for hydroxylation is 1. The van der Waals surface area contributed by atoms with Crippen LogP contribution >= 0.6 is 15.9 Å². The second kappa shape index (κ2) is 5.97. The summed E-state index contributed by atoms with van der Waals surface area (Å²) in [6.45, 7) is 8.03. The van der Waals surface area contributed by atoms with Crippen molar-refractivity contribution in [2.75, 3.05) is 0 Å². The minimum absolute atomic E-state index is 0.323. The molecule has 0 aliphatic heterocycles. The molecule has 1 heterocycles. The molecule has 4 atom stereocenters. The number of furan rings is 1. The SMILES string of the molecule is Cc1cc(-c2ccc(CNC34CC5C[C@@](C)(C3)C[C@](C)(C5)C4)o2)ccc1Br. The van der Waals surface area contributed by atoms with Crippen molar-refractivity contribution < 1.29 is 4.42 Å². The van der Waals surface area contributed by atoms with Gasteiger partial charge in [-0.05, 0) is 92.0 Å². The van der Waals surface area contributed by atoms with Crippen molar-refractivity contribution in [3.8, 4) is 11.3 Å². The first-order valence-electron chi connectivity index (χ1n) is 10.4. The van der Waals surface area contributed by atoms with Crippen LogP contribution in [0.15, 0.2) is 39.2 Å². The van der Waals surface area contributed by atoms with Crippen LogP contribution in [0.3, 0.4) is 0 Å². The Morgan fingerprint density at radius 3 is 2.44 bits per heavy atom. The van der Waals surface area contributed by atoms with Crippen molar-refractivity contribution in [3.05, 3.63) is 46.1 Å². The van der Waals surface area contributed by atoms with Crippen LogP contribution < -0.4 is 5.32 Å². The summed E-state index contributed by atoms with van der Waals surface area (Å²) in [5.41, 5.74) is 3.80. The minimum atomic E-state index is 0.323. The van der Waals surface area contributed by atoms with E-state index in [9.17, 15) is 0 Å². The monoisotopic (exact) mass is 427 g/mol. The number of halogens is 1. The summed E-state index contributed by atoms with van der Waals surface area (Å²) < 4.78 is 7.34. The molecule has 4 aliphatic rings. The summed E-state index contributed by atoms with van der Waals surface area (Å²) >= 11 is 3.58. The van der Waals surface area contributed by atoms with E-state index in [0.717, 1.165) is 34.0 Å². The molecular weight excluding hydrogens is 398 g/mol. The molecule has 144 valence electrons. The Morgan fingerprint density at radius 2 is 1.78 bits per heavy atom. The smallest absolute Gasteiger partial charge is 0.134 e. The molecule has 0 spiro atoms. The lowest BCUT2D eigenvalue weighted by Crippen LogP contribution is -2.63. The van der Waals surface area contributed by atoms with Crippen molar-refractivity contribution in [1.82, 2.24) is 5.32 Å². The molecule has 2 nitrogen and oxygen atoms in total. The summed E-state index contributed by atoms with van der Waals surface area (Å²) in [6, 6.07) is 10.7. The van der Waals surface area contributed by atoms with Crippen molar-refractivity contribution >= 4 is 15.9 Å². The molecule has 0 saturated heterocycles. The molecule has 4 saturated carbocycles. The van der Waals surface area contributed by atoms with Gasteiger partial charge in [0, 0.05) is 15.6 Å². The van der Waals surface area contributed by atoms with E-state index in [-0.39, 0.29) is 0 Å². The van der Waals surface area contributed by atoms with Crippen LogP contribution in [0.4, 0.5) is 0 Å². The predicted octanol–water partition coefficient (Wildman–Crippen LogP) is 6.86. The van der Waals surface area contributed by atoms with Crippen molar-refractivity contribution in [2.24, 2.45) is 16.7 Å². The van der Waals surface area contributed by atoms with E-state index in [1.54, 1.807) is 0 Å². The van der Waals surface area contributed by atoms with E-state index < -0.39 is 0 Å². The Balaban J connectivity index is 1.32. The van der Waals surface area contributed by atoms with Crippen LogP contribution in [-0.2, 0) is 6.54 Å². The van der Waals surface area contributed by atoms with Gasteiger partial charge in [0.2, 0.25) is 0 Å². The van der Waals surface area contributed by atoms with Crippen LogP contribution in [0.2, 0.25) is 0 Å². The lowest BCUT2D eigenvalue weighted by molar-refractivity contribution is -0.118. The summed E-state index contributed by atoms with van der Waals surface area (Å²) in [6.07, 6.45) is 8.35. The number of rotatable bonds is 4. The van der Waals surface area contributed by atoms with E-state index in [4.69, 9.17) is 4.42 Å². The number of benzene rings is 1. The average Bonchev–Trinajstić information content (AvgIpc) is 3.01. The molecule has 1 N–H and O–H groups in total. The molecule has 4 fully saturated rings. The maximum absolute atomic E-state index is 6.20. The van der Waals surface area contributed by atoms with Gasteiger partial charge in [-0.2, -0.15) is 0 Å². The van der Waals surface area contributed by atoms with E-state index in [1.165, 1.54) is 44.1 Å². The second-order valence-corrected chi connectivity index (χ2v) is 11.3. The zero-order chi connectivity index (χ0) is 18.9. The fraction of sp³-hybridized carbons (Fsp3) is 0.583.